The Bertz CT molecular complexity index is 805. The molecule has 2 aromatic rings. The molecule has 1 atom stereocenters. The van der Waals surface area contributed by atoms with Crippen LogP contribution in [0.3, 0.4) is 0 Å². The fourth-order valence-corrected chi connectivity index (χ4v) is 3.54. The van der Waals surface area contributed by atoms with Gasteiger partial charge in [0.15, 0.2) is 0 Å². The fourth-order valence-electron chi connectivity index (χ4n) is 3.54. The topological polar surface area (TPSA) is 84.9 Å². The van der Waals surface area contributed by atoms with Crippen molar-refractivity contribution in [3.63, 3.8) is 0 Å². The molecule has 6 nitrogen and oxygen atoms in total. The van der Waals surface area contributed by atoms with Crippen molar-refractivity contribution in [2.75, 3.05) is 26.4 Å². The zero-order valence-corrected chi connectivity index (χ0v) is 16.6. The number of esters is 1. The summed E-state index contributed by atoms with van der Waals surface area (Å²) in [6.07, 6.45) is 1.85. The highest BCUT2D eigenvalue weighted by Gasteiger charge is 2.29. The maximum atomic E-state index is 12.2. The number of carbonyl (C=O) groups excluding carboxylic acids is 1. The molecule has 1 aliphatic carbocycles. The lowest BCUT2D eigenvalue weighted by Gasteiger charge is -2.16. The first-order chi connectivity index (χ1) is 14.1. The highest BCUT2D eigenvalue weighted by Crippen LogP contribution is 2.44. The van der Waals surface area contributed by atoms with E-state index >= 15 is 0 Å². The van der Waals surface area contributed by atoms with Gasteiger partial charge in [-0.15, -0.1) is 0 Å². The Hall–Kier alpha value is -2.70. The van der Waals surface area contributed by atoms with Gasteiger partial charge >= 0.3 is 11.9 Å². The molecule has 154 valence electrons. The van der Waals surface area contributed by atoms with Gasteiger partial charge in [0.2, 0.25) is 0 Å². The third-order valence-electron chi connectivity index (χ3n) is 5.09. The predicted molar refractivity (Wildman–Crippen MR) is 110 cm³/mol. The largest absolute Gasteiger partial charge is 0.480 e. The summed E-state index contributed by atoms with van der Waals surface area (Å²) in [5, 5.41) is 12.0. The first kappa shape index (κ1) is 21.0. The molecule has 0 fully saturated rings. The van der Waals surface area contributed by atoms with Crippen LogP contribution < -0.4 is 5.32 Å². The Morgan fingerprint density at radius 2 is 1.69 bits per heavy atom. The molecule has 0 aliphatic heterocycles. The number of ether oxygens (including phenoxy) is 2. The Kier molecular flexibility index (Phi) is 7.38. The standard InChI is InChI=1S/C23H27NO5/c1-2-3-12-28-15-21(23(26)27)24-13-22(25)29-14-20-18-10-6-4-8-16(18)17-9-5-7-11-19(17)20/h4-11,20-21,24H,2-3,12-15H2,1H3,(H,26,27)/t21-/m1/s1. The van der Waals surface area contributed by atoms with Gasteiger partial charge < -0.3 is 14.6 Å². The fraction of sp³-hybridized carbons (Fsp3) is 0.391. The zero-order valence-electron chi connectivity index (χ0n) is 16.6. The van der Waals surface area contributed by atoms with E-state index in [1.54, 1.807) is 0 Å². The SMILES string of the molecule is CCCCOC[C@@H](NCC(=O)OCC1c2ccccc2-c2ccccc21)C(=O)O. The van der Waals surface area contributed by atoms with Crippen LogP contribution in [0.1, 0.15) is 36.8 Å². The Morgan fingerprint density at radius 1 is 1.07 bits per heavy atom. The summed E-state index contributed by atoms with van der Waals surface area (Å²) in [4.78, 5) is 23.5. The average molecular weight is 397 g/mol. The van der Waals surface area contributed by atoms with E-state index < -0.39 is 18.0 Å². The van der Waals surface area contributed by atoms with Crippen molar-refractivity contribution in [2.45, 2.75) is 31.7 Å². The molecule has 0 unspecified atom stereocenters. The van der Waals surface area contributed by atoms with Gasteiger partial charge in [-0.25, -0.2) is 0 Å². The first-order valence-corrected chi connectivity index (χ1v) is 9.99. The van der Waals surface area contributed by atoms with Crippen LogP contribution >= 0.6 is 0 Å². The van der Waals surface area contributed by atoms with Gasteiger partial charge in [-0.3, -0.25) is 14.9 Å². The number of unbranched alkanes of at least 4 members (excludes halogenated alkanes) is 1. The second kappa shape index (κ2) is 10.2. The molecule has 0 spiro atoms. The van der Waals surface area contributed by atoms with E-state index in [2.05, 4.69) is 29.6 Å². The van der Waals surface area contributed by atoms with Crippen molar-refractivity contribution in [2.24, 2.45) is 0 Å². The average Bonchev–Trinajstić information content (AvgIpc) is 3.05. The minimum Gasteiger partial charge on any atom is -0.480 e. The van der Waals surface area contributed by atoms with Crippen molar-refractivity contribution >= 4 is 11.9 Å². The number of rotatable bonds is 11. The van der Waals surface area contributed by atoms with Crippen LogP contribution in [0.15, 0.2) is 48.5 Å². The molecular formula is C23H27NO5. The molecule has 0 bridgehead atoms. The van der Waals surface area contributed by atoms with Gasteiger partial charge in [-0.05, 0) is 28.7 Å². The smallest absolute Gasteiger partial charge is 0.323 e. The van der Waals surface area contributed by atoms with Crippen LogP contribution in [0.4, 0.5) is 0 Å². The van der Waals surface area contributed by atoms with Crippen LogP contribution in [0.25, 0.3) is 11.1 Å². The Morgan fingerprint density at radius 3 is 2.28 bits per heavy atom. The third kappa shape index (κ3) is 5.22. The van der Waals surface area contributed by atoms with E-state index in [0.717, 1.165) is 35.1 Å². The molecule has 0 amide bonds. The monoisotopic (exact) mass is 397 g/mol. The summed E-state index contributed by atoms with van der Waals surface area (Å²) in [5.41, 5.74) is 4.61. The second-order valence-corrected chi connectivity index (χ2v) is 7.11. The number of carboxylic acid groups (broad SMARTS) is 1. The summed E-state index contributed by atoms with van der Waals surface area (Å²) < 4.78 is 10.8. The van der Waals surface area contributed by atoms with Crippen molar-refractivity contribution in [3.8, 4) is 11.1 Å². The molecule has 0 saturated carbocycles. The van der Waals surface area contributed by atoms with Crippen LogP contribution in [0.5, 0.6) is 0 Å². The van der Waals surface area contributed by atoms with Crippen LogP contribution in [0.2, 0.25) is 0 Å². The maximum absolute atomic E-state index is 12.2. The van der Waals surface area contributed by atoms with E-state index in [0.29, 0.717) is 6.61 Å². The summed E-state index contributed by atoms with van der Waals surface area (Å²) >= 11 is 0. The highest BCUT2D eigenvalue weighted by atomic mass is 16.5. The minimum atomic E-state index is -1.05. The van der Waals surface area contributed by atoms with E-state index in [1.807, 2.05) is 31.2 Å². The van der Waals surface area contributed by atoms with Crippen molar-refractivity contribution < 1.29 is 24.2 Å². The molecule has 2 aromatic carbocycles. The van der Waals surface area contributed by atoms with Gasteiger partial charge in [0.25, 0.3) is 0 Å². The second-order valence-electron chi connectivity index (χ2n) is 7.11. The van der Waals surface area contributed by atoms with E-state index in [1.165, 1.54) is 0 Å². The van der Waals surface area contributed by atoms with Gasteiger partial charge in [0.05, 0.1) is 13.2 Å². The number of fused-ring (bicyclic) bond motifs is 3. The Labute approximate surface area is 170 Å². The van der Waals surface area contributed by atoms with Crippen molar-refractivity contribution in [3.05, 3.63) is 59.7 Å². The molecule has 0 heterocycles. The quantitative estimate of drug-likeness (QED) is 0.447. The number of hydrogen-bond donors (Lipinski definition) is 2. The van der Waals surface area contributed by atoms with Gasteiger partial charge in [-0.1, -0.05) is 61.9 Å². The molecule has 3 rings (SSSR count). The summed E-state index contributed by atoms with van der Waals surface area (Å²) in [5.74, 6) is -1.54. The minimum absolute atomic E-state index is 0.0148. The van der Waals surface area contributed by atoms with Gasteiger partial charge in [-0.2, -0.15) is 0 Å². The molecule has 29 heavy (non-hydrogen) atoms. The molecule has 6 heteroatoms. The molecule has 0 radical (unpaired) electrons. The normalized spacial score (nSPS) is 13.6. The van der Waals surface area contributed by atoms with Crippen LogP contribution in [-0.4, -0.2) is 49.5 Å². The summed E-state index contributed by atoms with van der Waals surface area (Å²) in [6, 6.07) is 15.3. The predicted octanol–water partition coefficient (Wildman–Crippen LogP) is 3.20. The maximum Gasteiger partial charge on any atom is 0.323 e. The van der Waals surface area contributed by atoms with Gasteiger partial charge in [0.1, 0.15) is 12.6 Å². The number of aliphatic carboxylic acids is 1. The number of hydrogen-bond acceptors (Lipinski definition) is 5. The summed E-state index contributed by atoms with van der Waals surface area (Å²) in [6.45, 7) is 2.61. The zero-order chi connectivity index (χ0) is 20.6. The number of carboxylic acids is 1. The lowest BCUT2D eigenvalue weighted by Crippen LogP contribution is -2.43. The number of benzene rings is 2. The van der Waals surface area contributed by atoms with Gasteiger partial charge in [0, 0.05) is 12.5 Å². The number of nitrogens with one attached hydrogen (secondary N) is 1. The lowest BCUT2D eigenvalue weighted by molar-refractivity contribution is -0.144. The van der Waals surface area contributed by atoms with E-state index in [-0.39, 0.29) is 25.7 Å². The summed E-state index contributed by atoms with van der Waals surface area (Å²) in [7, 11) is 0. The molecule has 2 N–H and O–H groups in total. The molecule has 0 saturated heterocycles. The Balaban J connectivity index is 1.53. The van der Waals surface area contributed by atoms with Crippen LogP contribution in [-0.2, 0) is 19.1 Å². The molecule has 1 aliphatic rings. The van der Waals surface area contributed by atoms with Crippen LogP contribution in [0, 0.1) is 0 Å². The molecule has 0 aromatic heterocycles. The van der Waals surface area contributed by atoms with Crippen molar-refractivity contribution in [1.82, 2.24) is 5.32 Å². The van der Waals surface area contributed by atoms with Crippen molar-refractivity contribution in [1.29, 1.82) is 0 Å². The highest BCUT2D eigenvalue weighted by molar-refractivity contribution is 5.79. The third-order valence-corrected chi connectivity index (χ3v) is 5.09. The molecular weight excluding hydrogens is 370 g/mol. The lowest BCUT2D eigenvalue weighted by atomic mass is 9.98. The van der Waals surface area contributed by atoms with E-state index in [4.69, 9.17) is 9.47 Å². The van der Waals surface area contributed by atoms with E-state index in [9.17, 15) is 14.7 Å². The first-order valence-electron chi connectivity index (χ1n) is 9.99. The number of carbonyl (C=O) groups is 2.